The van der Waals surface area contributed by atoms with Crippen LogP contribution in [0.25, 0.3) is 0 Å². The van der Waals surface area contributed by atoms with Gasteiger partial charge in [-0.3, -0.25) is 0 Å². The fraction of sp³-hybridized carbons (Fsp3) is 0.818. The Morgan fingerprint density at radius 2 is 1.87 bits per heavy atom. The minimum absolute atomic E-state index is 0.247. The smallest absolute Gasteiger partial charge is 0.105 e. The molecule has 1 aliphatic rings. The molecule has 0 aliphatic heterocycles. The summed E-state index contributed by atoms with van der Waals surface area (Å²) in [5.74, 6) is 0.499. The van der Waals surface area contributed by atoms with Gasteiger partial charge < -0.3 is 10.4 Å². The van der Waals surface area contributed by atoms with Gasteiger partial charge >= 0.3 is 0 Å². The third kappa shape index (κ3) is 2.49. The highest BCUT2D eigenvalue weighted by molar-refractivity contribution is 6.42. The zero-order valence-electron chi connectivity index (χ0n) is 9.69. The van der Waals surface area contributed by atoms with E-state index < -0.39 is 0 Å². The predicted molar refractivity (Wildman–Crippen MR) is 59.9 cm³/mol. The molecule has 1 fully saturated rings. The quantitative estimate of drug-likeness (QED) is 0.546. The first kappa shape index (κ1) is 12.0. The third-order valence-corrected chi connectivity index (χ3v) is 3.76. The average molecular weight is 212 g/mol. The van der Waals surface area contributed by atoms with Gasteiger partial charge in [-0.15, -0.1) is 0 Å². The Kier molecular flexibility index (Phi) is 3.72. The van der Waals surface area contributed by atoms with Crippen molar-refractivity contribution in [2.24, 2.45) is 21.6 Å². The van der Waals surface area contributed by atoms with Crippen LogP contribution in [0, 0.1) is 11.3 Å². The number of hydrogen-bond donors (Lipinski definition) is 2. The van der Waals surface area contributed by atoms with Crippen LogP contribution < -0.4 is 0 Å². The summed E-state index contributed by atoms with van der Waals surface area (Å²) >= 11 is 0. The van der Waals surface area contributed by atoms with Crippen LogP contribution in [0.2, 0.25) is 0 Å². The summed E-state index contributed by atoms with van der Waals surface area (Å²) in [5, 5.41) is 24.0. The molecule has 0 spiro atoms. The molecule has 0 heterocycles. The summed E-state index contributed by atoms with van der Waals surface area (Å²) in [6.07, 6.45) is 3.50. The second-order valence-corrected chi connectivity index (χ2v) is 4.88. The van der Waals surface area contributed by atoms with Crippen molar-refractivity contribution in [3.8, 4) is 0 Å². The van der Waals surface area contributed by atoms with Crippen LogP contribution in [-0.4, -0.2) is 21.8 Å². The summed E-state index contributed by atoms with van der Waals surface area (Å²) in [6, 6.07) is 0. The predicted octanol–water partition coefficient (Wildman–Crippen LogP) is 2.88. The molecule has 86 valence electrons. The SMILES string of the molecule is CCC(C)(C)C1CCC(=N\O)/C(=N/O)C1. The summed E-state index contributed by atoms with van der Waals surface area (Å²) in [6.45, 7) is 6.63. The van der Waals surface area contributed by atoms with Crippen LogP contribution in [0.15, 0.2) is 10.3 Å². The molecule has 15 heavy (non-hydrogen) atoms. The molecule has 4 nitrogen and oxygen atoms in total. The first-order chi connectivity index (χ1) is 7.05. The maximum absolute atomic E-state index is 8.84. The molecule has 1 saturated carbocycles. The van der Waals surface area contributed by atoms with Crippen LogP contribution in [0.1, 0.15) is 46.5 Å². The molecular weight excluding hydrogens is 192 g/mol. The summed E-state index contributed by atoms with van der Waals surface area (Å²) in [7, 11) is 0. The maximum atomic E-state index is 8.84. The molecule has 1 atom stereocenters. The van der Waals surface area contributed by atoms with Gasteiger partial charge in [-0.1, -0.05) is 37.5 Å². The highest BCUT2D eigenvalue weighted by Crippen LogP contribution is 2.38. The van der Waals surface area contributed by atoms with Crippen molar-refractivity contribution in [2.45, 2.75) is 46.5 Å². The Labute approximate surface area is 90.7 Å². The van der Waals surface area contributed by atoms with E-state index in [2.05, 4.69) is 31.1 Å². The van der Waals surface area contributed by atoms with Gasteiger partial charge in [0.25, 0.3) is 0 Å². The molecular formula is C11H20N2O2. The van der Waals surface area contributed by atoms with E-state index in [0.717, 1.165) is 12.8 Å². The molecule has 0 aromatic rings. The molecule has 2 N–H and O–H groups in total. The van der Waals surface area contributed by atoms with Crippen LogP contribution >= 0.6 is 0 Å². The molecule has 0 aromatic carbocycles. The lowest BCUT2D eigenvalue weighted by molar-refractivity contribution is 0.193. The van der Waals surface area contributed by atoms with Gasteiger partial charge in [0.2, 0.25) is 0 Å². The lowest BCUT2D eigenvalue weighted by Gasteiger charge is -2.36. The largest absolute Gasteiger partial charge is 0.411 e. The van der Waals surface area contributed by atoms with Crippen molar-refractivity contribution in [3.63, 3.8) is 0 Å². The van der Waals surface area contributed by atoms with E-state index >= 15 is 0 Å². The molecule has 0 aromatic heterocycles. The van der Waals surface area contributed by atoms with E-state index in [-0.39, 0.29) is 5.41 Å². The van der Waals surface area contributed by atoms with Gasteiger partial charge in [-0.2, -0.15) is 0 Å². The van der Waals surface area contributed by atoms with Gasteiger partial charge in [0.1, 0.15) is 11.4 Å². The fourth-order valence-corrected chi connectivity index (χ4v) is 2.07. The number of rotatable bonds is 2. The summed E-state index contributed by atoms with van der Waals surface area (Å²) in [5.41, 5.74) is 1.31. The maximum Gasteiger partial charge on any atom is 0.105 e. The lowest BCUT2D eigenvalue weighted by Crippen LogP contribution is -2.33. The first-order valence-corrected chi connectivity index (χ1v) is 5.47. The highest BCUT2D eigenvalue weighted by atomic mass is 16.4. The van der Waals surface area contributed by atoms with Crippen LogP contribution in [0.4, 0.5) is 0 Å². The molecule has 1 aliphatic carbocycles. The Balaban J connectivity index is 2.78. The Morgan fingerprint density at radius 1 is 1.27 bits per heavy atom. The Morgan fingerprint density at radius 3 is 2.33 bits per heavy atom. The molecule has 0 radical (unpaired) electrons. The van der Waals surface area contributed by atoms with E-state index in [0.29, 0.717) is 30.2 Å². The summed E-state index contributed by atoms with van der Waals surface area (Å²) < 4.78 is 0. The van der Waals surface area contributed by atoms with Gasteiger partial charge in [0, 0.05) is 0 Å². The van der Waals surface area contributed by atoms with Crippen LogP contribution in [0.5, 0.6) is 0 Å². The minimum atomic E-state index is 0.247. The Bertz CT molecular complexity index is 282. The van der Waals surface area contributed by atoms with Gasteiger partial charge in [0.15, 0.2) is 0 Å². The molecule has 0 amide bonds. The fourth-order valence-electron chi connectivity index (χ4n) is 2.07. The molecule has 1 unspecified atom stereocenters. The van der Waals surface area contributed by atoms with E-state index in [1.165, 1.54) is 0 Å². The normalized spacial score (nSPS) is 28.6. The third-order valence-electron chi connectivity index (χ3n) is 3.76. The zero-order valence-corrected chi connectivity index (χ0v) is 9.69. The number of nitrogens with zero attached hydrogens (tertiary/aromatic N) is 2. The van der Waals surface area contributed by atoms with Crippen LogP contribution in [-0.2, 0) is 0 Å². The molecule has 0 saturated heterocycles. The van der Waals surface area contributed by atoms with Crippen molar-refractivity contribution in [1.82, 2.24) is 0 Å². The number of oxime groups is 2. The average Bonchev–Trinajstić information content (AvgIpc) is 2.28. The zero-order chi connectivity index (χ0) is 11.5. The Hall–Kier alpha value is -1.06. The second kappa shape index (κ2) is 4.64. The molecule has 4 heteroatoms. The van der Waals surface area contributed by atoms with Crippen molar-refractivity contribution in [1.29, 1.82) is 0 Å². The minimum Gasteiger partial charge on any atom is -0.411 e. The molecule has 0 bridgehead atoms. The first-order valence-electron chi connectivity index (χ1n) is 5.47. The van der Waals surface area contributed by atoms with E-state index in [9.17, 15) is 0 Å². The number of hydrogen-bond acceptors (Lipinski definition) is 4. The second-order valence-electron chi connectivity index (χ2n) is 4.88. The van der Waals surface area contributed by atoms with Crippen molar-refractivity contribution in [3.05, 3.63) is 0 Å². The van der Waals surface area contributed by atoms with Crippen molar-refractivity contribution < 1.29 is 10.4 Å². The summed E-state index contributed by atoms with van der Waals surface area (Å²) in [4.78, 5) is 0. The van der Waals surface area contributed by atoms with Gasteiger partial charge in [-0.25, -0.2) is 0 Å². The van der Waals surface area contributed by atoms with Crippen LogP contribution in [0.3, 0.4) is 0 Å². The van der Waals surface area contributed by atoms with E-state index in [1.54, 1.807) is 0 Å². The lowest BCUT2D eigenvalue weighted by atomic mass is 9.69. The standard InChI is InChI=1S/C11H20N2O2/c1-4-11(2,3)8-5-6-9(12-14)10(7-8)13-15/h8,14-15H,4-7H2,1-3H3/b12-9+,13-10+. The highest BCUT2D eigenvalue weighted by Gasteiger charge is 2.34. The van der Waals surface area contributed by atoms with E-state index in [1.807, 2.05) is 0 Å². The topological polar surface area (TPSA) is 65.2 Å². The van der Waals surface area contributed by atoms with E-state index in [4.69, 9.17) is 10.4 Å². The monoisotopic (exact) mass is 212 g/mol. The van der Waals surface area contributed by atoms with Gasteiger partial charge in [-0.05, 0) is 30.6 Å². The van der Waals surface area contributed by atoms with Crippen molar-refractivity contribution in [2.75, 3.05) is 0 Å². The molecule has 1 rings (SSSR count). The van der Waals surface area contributed by atoms with Crippen molar-refractivity contribution >= 4 is 11.4 Å². The van der Waals surface area contributed by atoms with Gasteiger partial charge in [0.05, 0.1) is 0 Å².